The van der Waals surface area contributed by atoms with Crippen LogP contribution in [0.4, 0.5) is 15.8 Å². The van der Waals surface area contributed by atoms with E-state index in [9.17, 15) is 4.39 Å². The molecule has 84 valence electrons. The van der Waals surface area contributed by atoms with E-state index in [2.05, 4.69) is 21.2 Å². The highest BCUT2D eigenvalue weighted by atomic mass is 79.9. The molecule has 3 nitrogen and oxygen atoms in total. The van der Waals surface area contributed by atoms with Crippen molar-refractivity contribution in [2.45, 2.75) is 19.4 Å². The fourth-order valence-electron chi connectivity index (χ4n) is 1.18. The molecule has 0 saturated heterocycles. The van der Waals surface area contributed by atoms with Crippen LogP contribution in [0.3, 0.4) is 0 Å². The van der Waals surface area contributed by atoms with E-state index in [0.717, 1.165) is 6.42 Å². The molecule has 0 spiro atoms. The summed E-state index contributed by atoms with van der Waals surface area (Å²) in [5.74, 6) is -0.375. The van der Waals surface area contributed by atoms with Crippen LogP contribution in [0.5, 0.6) is 0 Å². The van der Waals surface area contributed by atoms with E-state index in [1.807, 2.05) is 6.92 Å². The van der Waals surface area contributed by atoms with Crippen molar-refractivity contribution in [1.29, 1.82) is 0 Å². The Bertz CT molecular complexity index is 342. The van der Waals surface area contributed by atoms with Crippen molar-refractivity contribution >= 4 is 27.3 Å². The van der Waals surface area contributed by atoms with Crippen LogP contribution < -0.4 is 11.1 Å². The third kappa shape index (κ3) is 3.07. The van der Waals surface area contributed by atoms with Crippen molar-refractivity contribution in [3.8, 4) is 0 Å². The zero-order valence-corrected chi connectivity index (χ0v) is 10.0. The summed E-state index contributed by atoms with van der Waals surface area (Å²) < 4.78 is 13.5. The van der Waals surface area contributed by atoms with Gasteiger partial charge in [-0.3, -0.25) is 0 Å². The predicted molar refractivity (Wildman–Crippen MR) is 63.3 cm³/mol. The van der Waals surface area contributed by atoms with Crippen molar-refractivity contribution in [1.82, 2.24) is 0 Å². The van der Waals surface area contributed by atoms with Crippen molar-refractivity contribution < 1.29 is 9.50 Å². The molecule has 0 amide bonds. The molecule has 0 saturated carbocycles. The lowest BCUT2D eigenvalue weighted by Gasteiger charge is -2.17. The van der Waals surface area contributed by atoms with Crippen LogP contribution in [0.1, 0.15) is 13.3 Å². The third-order valence-electron chi connectivity index (χ3n) is 2.17. The first-order valence-electron chi connectivity index (χ1n) is 4.70. The standard InChI is InChI=1S/C10H14BrFN2O/c1-2-6(5-15)14-10-4-8(12)7(11)3-9(10)13/h3-4,6,14-15H,2,5,13H2,1H3. The van der Waals surface area contributed by atoms with E-state index in [1.54, 1.807) is 0 Å². The van der Waals surface area contributed by atoms with Crippen LogP contribution in [0, 0.1) is 5.82 Å². The van der Waals surface area contributed by atoms with Crippen LogP contribution in [0.15, 0.2) is 16.6 Å². The maximum Gasteiger partial charge on any atom is 0.139 e. The molecule has 1 aromatic rings. The maximum absolute atomic E-state index is 13.2. The summed E-state index contributed by atoms with van der Waals surface area (Å²) in [5, 5.41) is 12.0. The largest absolute Gasteiger partial charge is 0.397 e. The Kier molecular flexibility index (Phi) is 4.35. The number of hydrogen-bond donors (Lipinski definition) is 3. The number of aliphatic hydroxyl groups excluding tert-OH is 1. The fraction of sp³-hybridized carbons (Fsp3) is 0.400. The first-order valence-corrected chi connectivity index (χ1v) is 5.49. The minimum atomic E-state index is -0.375. The van der Waals surface area contributed by atoms with E-state index in [-0.39, 0.29) is 18.5 Å². The Hall–Kier alpha value is -0.810. The van der Waals surface area contributed by atoms with E-state index in [0.29, 0.717) is 15.8 Å². The lowest BCUT2D eigenvalue weighted by molar-refractivity contribution is 0.272. The number of aliphatic hydroxyl groups is 1. The van der Waals surface area contributed by atoms with Crippen molar-refractivity contribution in [3.05, 3.63) is 22.4 Å². The number of rotatable bonds is 4. The first kappa shape index (κ1) is 12.3. The molecule has 1 rings (SSSR count). The van der Waals surface area contributed by atoms with Gasteiger partial charge in [0.05, 0.1) is 22.5 Å². The second-order valence-electron chi connectivity index (χ2n) is 3.29. The predicted octanol–water partition coefficient (Wildman–Crippen LogP) is 2.35. The molecule has 0 aliphatic heterocycles. The highest BCUT2D eigenvalue weighted by molar-refractivity contribution is 9.10. The van der Waals surface area contributed by atoms with Crippen LogP contribution in [-0.4, -0.2) is 17.8 Å². The minimum absolute atomic E-state index is 0.00633. The Labute approximate surface area is 96.6 Å². The minimum Gasteiger partial charge on any atom is -0.397 e. The number of nitrogen functional groups attached to an aromatic ring is 1. The molecular weight excluding hydrogens is 263 g/mol. The molecule has 0 radical (unpaired) electrons. The number of nitrogens with one attached hydrogen (secondary N) is 1. The highest BCUT2D eigenvalue weighted by Crippen LogP contribution is 2.27. The molecule has 0 heterocycles. The fourth-order valence-corrected chi connectivity index (χ4v) is 1.55. The molecule has 4 N–H and O–H groups in total. The van der Waals surface area contributed by atoms with Gasteiger partial charge in [0, 0.05) is 12.1 Å². The summed E-state index contributed by atoms with van der Waals surface area (Å²) in [5.41, 5.74) is 6.67. The van der Waals surface area contributed by atoms with Gasteiger partial charge < -0.3 is 16.2 Å². The van der Waals surface area contributed by atoms with E-state index in [4.69, 9.17) is 10.8 Å². The second kappa shape index (κ2) is 5.32. The monoisotopic (exact) mass is 276 g/mol. The number of anilines is 2. The molecule has 5 heteroatoms. The van der Waals surface area contributed by atoms with Gasteiger partial charge in [0.1, 0.15) is 5.82 Å². The highest BCUT2D eigenvalue weighted by Gasteiger charge is 2.09. The summed E-state index contributed by atoms with van der Waals surface area (Å²) in [6.45, 7) is 1.92. The second-order valence-corrected chi connectivity index (χ2v) is 4.14. The quantitative estimate of drug-likeness (QED) is 0.740. The molecular formula is C10H14BrFN2O. The lowest BCUT2D eigenvalue weighted by atomic mass is 10.2. The van der Waals surface area contributed by atoms with Crippen LogP contribution in [-0.2, 0) is 0 Å². The Balaban J connectivity index is 2.89. The van der Waals surface area contributed by atoms with E-state index in [1.165, 1.54) is 12.1 Å². The average Bonchev–Trinajstić information content (AvgIpc) is 2.21. The summed E-state index contributed by atoms with van der Waals surface area (Å²) in [6.07, 6.45) is 0.744. The van der Waals surface area contributed by atoms with Gasteiger partial charge in [0.15, 0.2) is 0 Å². The molecule has 0 bridgehead atoms. The van der Waals surface area contributed by atoms with Gasteiger partial charge >= 0.3 is 0 Å². The summed E-state index contributed by atoms with van der Waals surface area (Å²) in [6, 6.07) is 2.72. The van der Waals surface area contributed by atoms with Gasteiger partial charge in [0.25, 0.3) is 0 Å². The third-order valence-corrected chi connectivity index (χ3v) is 2.77. The van der Waals surface area contributed by atoms with Gasteiger partial charge in [-0.1, -0.05) is 6.92 Å². The summed E-state index contributed by atoms with van der Waals surface area (Å²) in [4.78, 5) is 0. The van der Waals surface area contributed by atoms with Gasteiger partial charge in [-0.2, -0.15) is 0 Å². The summed E-state index contributed by atoms with van der Waals surface area (Å²) in [7, 11) is 0. The molecule has 0 aliphatic carbocycles. The Morgan fingerprint density at radius 2 is 2.27 bits per heavy atom. The van der Waals surface area contributed by atoms with Crippen LogP contribution >= 0.6 is 15.9 Å². The van der Waals surface area contributed by atoms with Gasteiger partial charge in [0.2, 0.25) is 0 Å². The van der Waals surface area contributed by atoms with E-state index < -0.39 is 0 Å². The number of halogens is 2. The van der Waals surface area contributed by atoms with E-state index >= 15 is 0 Å². The first-order chi connectivity index (χ1) is 7.08. The average molecular weight is 277 g/mol. The molecule has 0 aliphatic rings. The molecule has 15 heavy (non-hydrogen) atoms. The molecule has 1 atom stereocenters. The topological polar surface area (TPSA) is 58.3 Å². The zero-order chi connectivity index (χ0) is 11.4. The van der Waals surface area contributed by atoms with Gasteiger partial charge in [-0.25, -0.2) is 4.39 Å². The Morgan fingerprint density at radius 1 is 1.60 bits per heavy atom. The van der Waals surface area contributed by atoms with Crippen LogP contribution in [0.2, 0.25) is 0 Å². The van der Waals surface area contributed by atoms with Crippen molar-refractivity contribution in [2.24, 2.45) is 0 Å². The Morgan fingerprint density at radius 3 is 2.80 bits per heavy atom. The van der Waals surface area contributed by atoms with Crippen molar-refractivity contribution in [2.75, 3.05) is 17.7 Å². The number of benzene rings is 1. The maximum atomic E-state index is 13.2. The lowest BCUT2D eigenvalue weighted by Crippen LogP contribution is -2.23. The zero-order valence-electron chi connectivity index (χ0n) is 8.43. The summed E-state index contributed by atoms with van der Waals surface area (Å²) >= 11 is 3.05. The van der Waals surface area contributed by atoms with Crippen molar-refractivity contribution in [3.63, 3.8) is 0 Å². The molecule has 0 aromatic heterocycles. The molecule has 1 aromatic carbocycles. The number of hydrogen-bond acceptors (Lipinski definition) is 3. The van der Waals surface area contributed by atoms with Gasteiger partial charge in [-0.15, -0.1) is 0 Å². The number of nitrogens with two attached hydrogens (primary N) is 1. The van der Waals surface area contributed by atoms with Gasteiger partial charge in [-0.05, 0) is 28.4 Å². The molecule has 0 fully saturated rings. The normalized spacial score (nSPS) is 12.5. The molecule has 1 unspecified atom stereocenters. The SMILES string of the molecule is CCC(CO)Nc1cc(F)c(Br)cc1N. The smallest absolute Gasteiger partial charge is 0.139 e. The van der Waals surface area contributed by atoms with Crippen LogP contribution in [0.25, 0.3) is 0 Å².